The van der Waals surface area contributed by atoms with Gasteiger partial charge in [-0.2, -0.15) is 0 Å². The molecule has 1 rings (SSSR count). The Kier molecular flexibility index (Phi) is 2.84. The highest BCUT2D eigenvalue weighted by Crippen LogP contribution is 2.37. The van der Waals surface area contributed by atoms with Crippen LogP contribution in [0, 0.1) is 0 Å². The summed E-state index contributed by atoms with van der Waals surface area (Å²) in [5, 5.41) is 3.00. The molecule has 0 aromatic carbocycles. The van der Waals surface area contributed by atoms with Crippen molar-refractivity contribution in [2.45, 2.75) is 25.0 Å². The van der Waals surface area contributed by atoms with Crippen LogP contribution in [-0.4, -0.2) is 5.25 Å². The van der Waals surface area contributed by atoms with Crippen molar-refractivity contribution < 1.29 is 0 Å². The molecule has 0 saturated carbocycles. The number of hydrogen-bond donors (Lipinski definition) is 0. The molecule has 0 aliphatic carbocycles. The lowest BCUT2D eigenvalue weighted by molar-refractivity contribution is 0.832. The van der Waals surface area contributed by atoms with Gasteiger partial charge in [0.1, 0.15) is 0 Å². The molecule has 0 bridgehead atoms. The van der Waals surface area contributed by atoms with Crippen molar-refractivity contribution in [3.05, 3.63) is 11.5 Å². The lowest BCUT2D eigenvalue weighted by Gasteiger charge is -1.99. The molecule has 0 amide bonds. The Morgan fingerprint density at radius 2 is 2.50 bits per heavy atom. The van der Waals surface area contributed by atoms with E-state index in [4.69, 9.17) is 0 Å². The van der Waals surface area contributed by atoms with Gasteiger partial charge in [-0.15, -0.1) is 0 Å². The maximum absolute atomic E-state index is 2.29. The van der Waals surface area contributed by atoms with Crippen molar-refractivity contribution >= 4 is 21.6 Å². The Morgan fingerprint density at radius 1 is 1.62 bits per heavy atom. The molecule has 0 saturated heterocycles. The normalized spacial score (nSPS) is 26.9. The Labute approximate surface area is 58.5 Å². The second kappa shape index (κ2) is 3.46. The van der Waals surface area contributed by atoms with Gasteiger partial charge in [-0.05, 0) is 11.8 Å². The van der Waals surface area contributed by atoms with E-state index in [0.717, 1.165) is 5.25 Å². The van der Waals surface area contributed by atoms with E-state index in [9.17, 15) is 0 Å². The maximum Gasteiger partial charge on any atom is 0.0342 e. The van der Waals surface area contributed by atoms with Crippen LogP contribution in [-0.2, 0) is 0 Å². The standard InChI is InChI=1S/C6H10S2/c1-2-3-6-4-5-7-8-6/h4-6H,2-3H2,1H3. The SMILES string of the molecule is CCCC1C=CSS1. The molecule has 0 radical (unpaired) electrons. The van der Waals surface area contributed by atoms with Crippen LogP contribution in [0.5, 0.6) is 0 Å². The zero-order chi connectivity index (χ0) is 5.82. The second-order valence-electron chi connectivity index (χ2n) is 1.85. The summed E-state index contributed by atoms with van der Waals surface area (Å²) in [4.78, 5) is 0. The Hall–Kier alpha value is 0.440. The molecule has 1 aliphatic rings. The van der Waals surface area contributed by atoms with Gasteiger partial charge in [0.25, 0.3) is 0 Å². The number of rotatable bonds is 2. The van der Waals surface area contributed by atoms with Crippen molar-refractivity contribution in [3.8, 4) is 0 Å². The highest BCUT2D eigenvalue weighted by Gasteiger charge is 2.07. The summed E-state index contributed by atoms with van der Waals surface area (Å²) in [6.07, 6.45) is 4.94. The van der Waals surface area contributed by atoms with Gasteiger partial charge in [-0.25, -0.2) is 0 Å². The summed E-state index contributed by atoms with van der Waals surface area (Å²) in [6.45, 7) is 2.23. The molecule has 0 aromatic heterocycles. The predicted octanol–water partition coefficient (Wildman–Crippen LogP) is 3.06. The molecule has 0 nitrogen and oxygen atoms in total. The average Bonchev–Trinajstić information content (AvgIpc) is 2.19. The highest BCUT2D eigenvalue weighted by atomic mass is 33.1. The van der Waals surface area contributed by atoms with Crippen molar-refractivity contribution in [3.63, 3.8) is 0 Å². The van der Waals surface area contributed by atoms with Gasteiger partial charge in [-0.3, -0.25) is 0 Å². The van der Waals surface area contributed by atoms with Gasteiger partial charge in [0.05, 0.1) is 0 Å². The fourth-order valence-electron chi connectivity index (χ4n) is 0.684. The Morgan fingerprint density at radius 3 is 3.00 bits per heavy atom. The average molecular weight is 146 g/mol. The zero-order valence-corrected chi connectivity index (χ0v) is 6.60. The zero-order valence-electron chi connectivity index (χ0n) is 4.96. The van der Waals surface area contributed by atoms with Crippen LogP contribution >= 0.6 is 21.6 Å². The first kappa shape index (κ1) is 6.56. The summed E-state index contributed by atoms with van der Waals surface area (Å²) < 4.78 is 0. The highest BCUT2D eigenvalue weighted by molar-refractivity contribution is 8.78. The van der Waals surface area contributed by atoms with Crippen molar-refractivity contribution in [2.75, 3.05) is 0 Å². The fraction of sp³-hybridized carbons (Fsp3) is 0.667. The molecule has 0 fully saturated rings. The summed E-state index contributed by atoms with van der Waals surface area (Å²) >= 11 is 0. The van der Waals surface area contributed by atoms with Crippen LogP contribution in [0.4, 0.5) is 0 Å². The lowest BCUT2D eigenvalue weighted by Crippen LogP contribution is -1.89. The van der Waals surface area contributed by atoms with E-state index >= 15 is 0 Å². The summed E-state index contributed by atoms with van der Waals surface area (Å²) in [5.41, 5.74) is 0. The quantitative estimate of drug-likeness (QED) is 0.549. The van der Waals surface area contributed by atoms with Crippen molar-refractivity contribution in [1.29, 1.82) is 0 Å². The molecule has 46 valence electrons. The number of hydrogen-bond acceptors (Lipinski definition) is 2. The van der Waals surface area contributed by atoms with Gasteiger partial charge in [0, 0.05) is 5.25 Å². The minimum Gasteiger partial charge on any atom is -0.0819 e. The minimum atomic E-state index is 0.810. The predicted molar refractivity (Wildman–Crippen MR) is 43.0 cm³/mol. The Balaban J connectivity index is 2.16. The van der Waals surface area contributed by atoms with Crippen LogP contribution in [0.2, 0.25) is 0 Å². The molecule has 0 aromatic rings. The van der Waals surface area contributed by atoms with Crippen LogP contribution < -0.4 is 0 Å². The second-order valence-corrected chi connectivity index (χ2v) is 4.27. The van der Waals surface area contributed by atoms with Crippen LogP contribution in [0.25, 0.3) is 0 Å². The molecule has 1 unspecified atom stereocenters. The van der Waals surface area contributed by atoms with Gasteiger partial charge in [0.15, 0.2) is 0 Å². The molecule has 0 spiro atoms. The molecule has 0 N–H and O–H groups in total. The van der Waals surface area contributed by atoms with E-state index in [0.29, 0.717) is 0 Å². The van der Waals surface area contributed by atoms with E-state index in [1.54, 1.807) is 0 Å². The third-order valence-corrected chi connectivity index (χ3v) is 3.53. The first-order valence-electron chi connectivity index (χ1n) is 2.92. The summed E-state index contributed by atoms with van der Waals surface area (Å²) in [7, 11) is 3.83. The van der Waals surface area contributed by atoms with Crippen LogP contribution in [0.3, 0.4) is 0 Å². The van der Waals surface area contributed by atoms with E-state index in [1.807, 2.05) is 21.6 Å². The topological polar surface area (TPSA) is 0 Å². The third-order valence-electron chi connectivity index (χ3n) is 1.10. The van der Waals surface area contributed by atoms with Crippen LogP contribution in [0.1, 0.15) is 19.8 Å². The third kappa shape index (κ3) is 1.75. The van der Waals surface area contributed by atoms with Gasteiger partial charge in [-0.1, -0.05) is 41.0 Å². The summed E-state index contributed by atoms with van der Waals surface area (Å²) in [6, 6.07) is 0. The monoisotopic (exact) mass is 146 g/mol. The molecular formula is C6H10S2. The van der Waals surface area contributed by atoms with E-state index in [2.05, 4.69) is 18.4 Å². The fourth-order valence-corrected chi connectivity index (χ4v) is 3.01. The van der Waals surface area contributed by atoms with Gasteiger partial charge < -0.3 is 0 Å². The van der Waals surface area contributed by atoms with E-state index in [1.165, 1.54) is 12.8 Å². The molecule has 8 heavy (non-hydrogen) atoms. The first-order valence-corrected chi connectivity index (χ1v) is 5.20. The minimum absolute atomic E-state index is 0.810. The van der Waals surface area contributed by atoms with Crippen LogP contribution in [0.15, 0.2) is 11.5 Å². The maximum atomic E-state index is 2.29. The largest absolute Gasteiger partial charge is 0.0819 e. The van der Waals surface area contributed by atoms with Crippen molar-refractivity contribution in [1.82, 2.24) is 0 Å². The summed E-state index contributed by atoms with van der Waals surface area (Å²) in [5.74, 6) is 0. The van der Waals surface area contributed by atoms with Gasteiger partial charge in [0.2, 0.25) is 0 Å². The van der Waals surface area contributed by atoms with E-state index < -0.39 is 0 Å². The molecule has 1 aliphatic heterocycles. The van der Waals surface area contributed by atoms with E-state index in [-0.39, 0.29) is 0 Å². The molecular weight excluding hydrogens is 136 g/mol. The molecule has 1 atom stereocenters. The smallest absolute Gasteiger partial charge is 0.0342 e. The first-order chi connectivity index (χ1) is 3.93. The Bertz CT molecular complexity index is 88.5. The molecule has 1 heterocycles. The lowest BCUT2D eigenvalue weighted by atomic mass is 10.2. The molecule has 2 heteroatoms. The van der Waals surface area contributed by atoms with Gasteiger partial charge >= 0.3 is 0 Å². The van der Waals surface area contributed by atoms with Crippen molar-refractivity contribution in [2.24, 2.45) is 0 Å².